The summed E-state index contributed by atoms with van der Waals surface area (Å²) < 4.78 is 5.38. The largest absolute Gasteiger partial charge is 0.484 e. The quantitative estimate of drug-likeness (QED) is 0.808. The highest BCUT2D eigenvalue weighted by Crippen LogP contribution is 2.26. The van der Waals surface area contributed by atoms with E-state index in [2.05, 4.69) is 6.07 Å². The highest BCUT2D eigenvalue weighted by Gasteiger charge is 2.15. The third kappa shape index (κ3) is 4.92. The smallest absolute Gasteiger partial charge is 0.260 e. The minimum Gasteiger partial charge on any atom is -0.484 e. The van der Waals surface area contributed by atoms with Gasteiger partial charge in [0.2, 0.25) is 0 Å². The maximum Gasteiger partial charge on any atom is 0.260 e. The lowest BCUT2D eigenvalue weighted by atomic mass is 10.2. The van der Waals surface area contributed by atoms with Gasteiger partial charge in [0, 0.05) is 19.2 Å². The Hall–Kier alpha value is -1.44. The zero-order chi connectivity index (χ0) is 15.1. The molecule has 4 nitrogen and oxygen atoms in total. The van der Waals surface area contributed by atoms with E-state index in [1.165, 1.54) is 0 Å². The minimum absolute atomic E-state index is 0.0933. The van der Waals surface area contributed by atoms with Crippen LogP contribution in [0.25, 0.3) is 0 Å². The van der Waals surface area contributed by atoms with Gasteiger partial charge in [0.05, 0.1) is 22.0 Å². The molecule has 0 aliphatic carbocycles. The number of nitrogens with zero attached hydrogens (tertiary/aromatic N) is 2. The first-order valence-corrected chi connectivity index (χ1v) is 6.98. The number of halogens is 2. The van der Waals surface area contributed by atoms with Crippen molar-refractivity contribution in [3.8, 4) is 11.8 Å². The number of likely N-dealkylation sites (N-methyl/N-ethyl adjacent to an activating group) is 1. The predicted octanol–water partition coefficient (Wildman–Crippen LogP) is 3.38. The van der Waals surface area contributed by atoms with Gasteiger partial charge in [-0.15, -0.1) is 0 Å². The van der Waals surface area contributed by atoms with Crippen LogP contribution in [0.4, 0.5) is 0 Å². The van der Waals surface area contributed by atoms with E-state index < -0.39 is 0 Å². The van der Waals surface area contributed by atoms with E-state index in [-0.39, 0.29) is 18.4 Å². The molecule has 0 aliphatic heterocycles. The molecule has 1 rings (SSSR count). The second-order valence-electron chi connectivity index (χ2n) is 4.33. The topological polar surface area (TPSA) is 53.3 Å². The van der Waals surface area contributed by atoms with Gasteiger partial charge in [0.25, 0.3) is 5.91 Å². The van der Waals surface area contributed by atoms with Gasteiger partial charge in [0.15, 0.2) is 6.61 Å². The Bertz CT molecular complexity index is 514. The molecule has 0 radical (unpaired) electrons. The number of ether oxygens (including phenoxy) is 1. The normalized spacial score (nSPS) is 11.6. The Morgan fingerprint density at radius 3 is 2.70 bits per heavy atom. The Morgan fingerprint density at radius 2 is 2.15 bits per heavy atom. The van der Waals surface area contributed by atoms with Crippen molar-refractivity contribution in [2.75, 3.05) is 19.7 Å². The molecule has 0 heterocycles. The first-order chi connectivity index (χ1) is 9.47. The summed E-state index contributed by atoms with van der Waals surface area (Å²) in [6.45, 7) is 4.48. The molecule has 1 unspecified atom stereocenters. The third-order valence-corrected chi connectivity index (χ3v) is 3.44. The van der Waals surface area contributed by atoms with Gasteiger partial charge >= 0.3 is 0 Å². The summed E-state index contributed by atoms with van der Waals surface area (Å²) in [6.07, 6.45) is 0. The summed E-state index contributed by atoms with van der Waals surface area (Å²) in [5.74, 6) is 0.113. The molecule has 20 heavy (non-hydrogen) atoms. The van der Waals surface area contributed by atoms with Crippen molar-refractivity contribution >= 4 is 29.1 Å². The van der Waals surface area contributed by atoms with Crippen molar-refractivity contribution in [3.63, 3.8) is 0 Å². The van der Waals surface area contributed by atoms with Crippen LogP contribution in [0.5, 0.6) is 5.75 Å². The van der Waals surface area contributed by atoms with Crippen LogP contribution < -0.4 is 4.74 Å². The molecule has 6 heteroatoms. The van der Waals surface area contributed by atoms with Crippen LogP contribution in [-0.2, 0) is 4.79 Å². The monoisotopic (exact) mass is 314 g/mol. The van der Waals surface area contributed by atoms with Gasteiger partial charge in [-0.05, 0) is 26.0 Å². The molecule has 0 N–H and O–H groups in total. The van der Waals surface area contributed by atoms with Crippen LogP contribution in [0, 0.1) is 17.2 Å². The number of nitriles is 1. The van der Waals surface area contributed by atoms with Gasteiger partial charge in [-0.1, -0.05) is 23.2 Å². The fourth-order valence-corrected chi connectivity index (χ4v) is 1.87. The van der Waals surface area contributed by atoms with Crippen LogP contribution in [0.15, 0.2) is 18.2 Å². The maximum atomic E-state index is 12.0. The standard InChI is InChI=1S/C14H16Cl2N2O2/c1-3-18(8-10(2)7-17)14(19)9-20-11-4-5-12(15)13(16)6-11/h4-6,10H,3,8-9H2,1-2H3. The fraction of sp³-hybridized carbons (Fsp3) is 0.429. The zero-order valence-electron chi connectivity index (χ0n) is 11.4. The van der Waals surface area contributed by atoms with Crippen molar-refractivity contribution < 1.29 is 9.53 Å². The maximum absolute atomic E-state index is 12.0. The number of hydrogen-bond donors (Lipinski definition) is 0. The number of rotatable bonds is 6. The van der Waals surface area contributed by atoms with E-state index >= 15 is 0 Å². The molecular formula is C14H16Cl2N2O2. The van der Waals surface area contributed by atoms with E-state index in [0.717, 1.165) is 0 Å². The summed E-state index contributed by atoms with van der Waals surface area (Å²) in [6, 6.07) is 6.92. The van der Waals surface area contributed by atoms with E-state index in [0.29, 0.717) is 28.9 Å². The average molecular weight is 315 g/mol. The average Bonchev–Trinajstić information content (AvgIpc) is 2.45. The molecular weight excluding hydrogens is 299 g/mol. The lowest BCUT2D eigenvalue weighted by molar-refractivity contribution is -0.133. The number of carbonyl (C=O) groups excluding carboxylic acids is 1. The molecule has 1 amide bonds. The summed E-state index contributed by atoms with van der Waals surface area (Å²) in [4.78, 5) is 13.6. The van der Waals surface area contributed by atoms with Crippen molar-refractivity contribution in [2.24, 2.45) is 5.92 Å². The van der Waals surface area contributed by atoms with Crippen LogP contribution in [0.1, 0.15) is 13.8 Å². The van der Waals surface area contributed by atoms with Gasteiger partial charge in [-0.3, -0.25) is 4.79 Å². The number of amides is 1. The van der Waals surface area contributed by atoms with Crippen LogP contribution in [-0.4, -0.2) is 30.5 Å². The highest BCUT2D eigenvalue weighted by atomic mass is 35.5. The molecule has 0 fully saturated rings. The van der Waals surface area contributed by atoms with Gasteiger partial charge in [-0.25, -0.2) is 0 Å². The van der Waals surface area contributed by atoms with Crippen molar-refractivity contribution in [3.05, 3.63) is 28.2 Å². The van der Waals surface area contributed by atoms with Crippen molar-refractivity contribution in [2.45, 2.75) is 13.8 Å². The van der Waals surface area contributed by atoms with Crippen LogP contribution in [0.3, 0.4) is 0 Å². The van der Waals surface area contributed by atoms with Crippen LogP contribution in [0.2, 0.25) is 10.0 Å². The molecule has 1 aromatic carbocycles. The summed E-state index contributed by atoms with van der Waals surface area (Å²) >= 11 is 11.7. The highest BCUT2D eigenvalue weighted by molar-refractivity contribution is 6.42. The van der Waals surface area contributed by atoms with Crippen molar-refractivity contribution in [1.29, 1.82) is 5.26 Å². The second kappa shape index (κ2) is 7.98. The Balaban J connectivity index is 2.57. The first-order valence-electron chi connectivity index (χ1n) is 6.23. The summed E-state index contributed by atoms with van der Waals surface area (Å²) in [7, 11) is 0. The Kier molecular flexibility index (Phi) is 6.63. The molecule has 0 aliphatic rings. The molecule has 0 saturated carbocycles. The molecule has 0 aromatic heterocycles. The molecule has 108 valence electrons. The molecule has 0 saturated heterocycles. The van der Waals surface area contributed by atoms with Gasteiger partial charge in [-0.2, -0.15) is 5.26 Å². The lowest BCUT2D eigenvalue weighted by Gasteiger charge is -2.22. The minimum atomic E-state index is -0.205. The molecule has 0 spiro atoms. The van der Waals surface area contributed by atoms with E-state index in [4.69, 9.17) is 33.2 Å². The van der Waals surface area contributed by atoms with E-state index in [9.17, 15) is 4.79 Å². The van der Waals surface area contributed by atoms with Gasteiger partial charge < -0.3 is 9.64 Å². The number of carbonyl (C=O) groups is 1. The van der Waals surface area contributed by atoms with E-state index in [1.807, 2.05) is 6.92 Å². The SMILES string of the molecule is CCN(CC(C)C#N)C(=O)COc1ccc(Cl)c(Cl)c1. The number of benzene rings is 1. The summed E-state index contributed by atoms with van der Waals surface area (Å²) in [5.41, 5.74) is 0. The molecule has 0 bridgehead atoms. The molecule has 1 atom stereocenters. The van der Waals surface area contributed by atoms with E-state index in [1.54, 1.807) is 30.0 Å². The van der Waals surface area contributed by atoms with Crippen LogP contribution >= 0.6 is 23.2 Å². The Labute approximate surface area is 128 Å². The Morgan fingerprint density at radius 1 is 1.45 bits per heavy atom. The zero-order valence-corrected chi connectivity index (χ0v) is 12.9. The lowest BCUT2D eigenvalue weighted by Crippen LogP contribution is -2.37. The third-order valence-electron chi connectivity index (χ3n) is 2.70. The fourth-order valence-electron chi connectivity index (χ4n) is 1.58. The number of hydrogen-bond acceptors (Lipinski definition) is 3. The van der Waals surface area contributed by atoms with Crippen molar-refractivity contribution in [1.82, 2.24) is 4.90 Å². The predicted molar refractivity (Wildman–Crippen MR) is 79.0 cm³/mol. The summed E-state index contributed by atoms with van der Waals surface area (Å²) in [5, 5.41) is 9.59. The molecule has 1 aromatic rings. The van der Waals surface area contributed by atoms with Gasteiger partial charge in [0.1, 0.15) is 5.75 Å². The second-order valence-corrected chi connectivity index (χ2v) is 5.14. The first kappa shape index (κ1) is 16.6.